The molecule has 0 N–H and O–H groups in total. The highest BCUT2D eigenvalue weighted by Gasteiger charge is 2.58. The fourth-order valence-corrected chi connectivity index (χ4v) is 6.45. The first-order valence-electron chi connectivity index (χ1n) is 12.0. The number of hydrogen-bond donors (Lipinski definition) is 0. The number of benzene rings is 1. The van der Waals surface area contributed by atoms with Crippen LogP contribution in [0.4, 0.5) is 0 Å². The van der Waals surface area contributed by atoms with Crippen molar-refractivity contribution in [3.8, 4) is 0 Å². The summed E-state index contributed by atoms with van der Waals surface area (Å²) in [5.41, 5.74) is 2.27. The van der Waals surface area contributed by atoms with Crippen LogP contribution >= 0.6 is 0 Å². The highest BCUT2D eigenvalue weighted by Crippen LogP contribution is 2.62. The van der Waals surface area contributed by atoms with Crippen LogP contribution in [0.3, 0.4) is 0 Å². The summed E-state index contributed by atoms with van der Waals surface area (Å²) in [6.07, 6.45) is 10.5. The van der Waals surface area contributed by atoms with E-state index in [2.05, 4.69) is 53.7 Å². The molecule has 1 aromatic rings. The van der Waals surface area contributed by atoms with Gasteiger partial charge in [-0.1, -0.05) is 53.7 Å². The quantitative estimate of drug-likeness (QED) is 0.416. The van der Waals surface area contributed by atoms with E-state index in [1.807, 2.05) is 12.1 Å². The van der Waals surface area contributed by atoms with Crippen LogP contribution < -0.4 is 0 Å². The van der Waals surface area contributed by atoms with Gasteiger partial charge in [0, 0.05) is 5.41 Å². The molecule has 1 atom stereocenters. The first kappa shape index (κ1) is 22.4. The molecule has 3 rings (SSSR count). The van der Waals surface area contributed by atoms with E-state index in [0.29, 0.717) is 16.9 Å². The largest absolute Gasteiger partial charge is 0.455 e. The van der Waals surface area contributed by atoms with E-state index in [4.69, 9.17) is 4.74 Å². The van der Waals surface area contributed by atoms with Crippen molar-refractivity contribution in [2.75, 3.05) is 0 Å². The number of fused-ring (bicyclic) bond motifs is 2. The summed E-state index contributed by atoms with van der Waals surface area (Å²) >= 11 is 0. The maximum Gasteiger partial charge on any atom is 0.338 e. The Morgan fingerprint density at radius 3 is 2.07 bits per heavy atom. The minimum absolute atomic E-state index is 0.131. The number of carbonyl (C=O) groups is 1. The molecule has 29 heavy (non-hydrogen) atoms. The van der Waals surface area contributed by atoms with Gasteiger partial charge in [-0.3, -0.25) is 0 Å². The Labute approximate surface area is 178 Å². The normalized spacial score (nSPS) is 25.2. The predicted molar refractivity (Wildman–Crippen MR) is 121 cm³/mol. The first-order valence-corrected chi connectivity index (χ1v) is 12.0. The fourth-order valence-electron chi connectivity index (χ4n) is 6.45. The molecule has 2 bridgehead atoms. The van der Waals surface area contributed by atoms with Crippen molar-refractivity contribution in [1.29, 1.82) is 0 Å². The summed E-state index contributed by atoms with van der Waals surface area (Å²) in [5.74, 6) is 1.27. The van der Waals surface area contributed by atoms with Crippen molar-refractivity contribution in [2.45, 2.75) is 111 Å². The molecular formula is C27H42O2. The van der Waals surface area contributed by atoms with Crippen molar-refractivity contribution < 1.29 is 9.53 Å². The van der Waals surface area contributed by atoms with Crippen LogP contribution in [0.5, 0.6) is 0 Å². The molecule has 1 aromatic carbocycles. The molecule has 0 amide bonds. The van der Waals surface area contributed by atoms with Crippen molar-refractivity contribution in [3.63, 3.8) is 0 Å². The van der Waals surface area contributed by atoms with Crippen LogP contribution in [0.25, 0.3) is 0 Å². The highest BCUT2D eigenvalue weighted by atomic mass is 16.6. The van der Waals surface area contributed by atoms with E-state index in [9.17, 15) is 4.79 Å². The van der Waals surface area contributed by atoms with Crippen LogP contribution in [0.2, 0.25) is 0 Å². The topological polar surface area (TPSA) is 26.3 Å². The molecule has 0 spiro atoms. The van der Waals surface area contributed by atoms with E-state index in [0.717, 1.165) is 31.6 Å². The fraction of sp³-hybridized carbons (Fsp3) is 0.741. The molecule has 162 valence electrons. The molecule has 2 heteroatoms. The molecule has 2 aliphatic carbocycles. The predicted octanol–water partition coefficient (Wildman–Crippen LogP) is 7.91. The molecule has 1 unspecified atom stereocenters. The minimum Gasteiger partial charge on any atom is -0.455 e. The lowest BCUT2D eigenvalue weighted by atomic mass is 9.66. The second-order valence-electron chi connectivity index (χ2n) is 11.0. The summed E-state index contributed by atoms with van der Waals surface area (Å²) in [6, 6.07) is 8.27. The molecular weight excluding hydrogens is 356 g/mol. The summed E-state index contributed by atoms with van der Waals surface area (Å²) in [5, 5.41) is 0. The van der Waals surface area contributed by atoms with Gasteiger partial charge in [0.15, 0.2) is 0 Å². The summed E-state index contributed by atoms with van der Waals surface area (Å²) in [7, 11) is 0. The van der Waals surface area contributed by atoms with Gasteiger partial charge < -0.3 is 4.74 Å². The second-order valence-corrected chi connectivity index (χ2v) is 11.0. The van der Waals surface area contributed by atoms with Crippen LogP contribution in [0, 0.1) is 16.7 Å². The Bertz CT molecular complexity index is 682. The van der Waals surface area contributed by atoms with Gasteiger partial charge in [-0.2, -0.15) is 0 Å². The number of rotatable bonds is 8. The molecule has 0 aromatic heterocycles. The minimum atomic E-state index is -0.299. The van der Waals surface area contributed by atoms with Crippen molar-refractivity contribution in [2.24, 2.45) is 16.7 Å². The molecule has 2 saturated carbocycles. The van der Waals surface area contributed by atoms with E-state index < -0.39 is 0 Å². The molecule has 2 fully saturated rings. The van der Waals surface area contributed by atoms with Crippen LogP contribution in [-0.2, 0) is 4.74 Å². The number of ether oxygens (including phenoxy) is 1. The third kappa shape index (κ3) is 4.42. The average molecular weight is 399 g/mol. The van der Waals surface area contributed by atoms with Crippen molar-refractivity contribution >= 4 is 5.97 Å². The molecule has 0 saturated heterocycles. The zero-order chi connectivity index (χ0) is 21.3. The Morgan fingerprint density at radius 1 is 1.07 bits per heavy atom. The van der Waals surface area contributed by atoms with E-state index >= 15 is 0 Å². The maximum absolute atomic E-state index is 13.2. The van der Waals surface area contributed by atoms with Gasteiger partial charge >= 0.3 is 5.97 Å². The van der Waals surface area contributed by atoms with Gasteiger partial charge in [-0.15, -0.1) is 0 Å². The summed E-state index contributed by atoms with van der Waals surface area (Å²) < 4.78 is 6.40. The summed E-state index contributed by atoms with van der Waals surface area (Å²) in [6.45, 7) is 13.6. The third-order valence-electron chi connectivity index (χ3n) is 8.11. The molecule has 2 nitrogen and oxygen atoms in total. The number of esters is 1. The second kappa shape index (κ2) is 8.44. The summed E-state index contributed by atoms with van der Waals surface area (Å²) in [4.78, 5) is 13.2. The van der Waals surface area contributed by atoms with Gasteiger partial charge in [-0.25, -0.2) is 4.79 Å². The molecule has 2 aliphatic rings. The number of hydrogen-bond acceptors (Lipinski definition) is 2. The SMILES string of the molecule is CCC(CC(C)(C)C)c1ccc(C(=O)OC(CC)(CC)C23CCC(CC2)C3)cc1. The number of carbonyl (C=O) groups excluding carboxylic acids is 1. The lowest BCUT2D eigenvalue weighted by Crippen LogP contribution is -2.48. The van der Waals surface area contributed by atoms with E-state index in [-0.39, 0.29) is 17.0 Å². The van der Waals surface area contributed by atoms with E-state index in [1.54, 1.807) is 0 Å². The highest BCUT2D eigenvalue weighted by molar-refractivity contribution is 5.89. The Morgan fingerprint density at radius 2 is 1.66 bits per heavy atom. The van der Waals surface area contributed by atoms with Gasteiger partial charge in [0.25, 0.3) is 0 Å². The average Bonchev–Trinajstić information content (AvgIpc) is 3.32. The standard InChI is InChI=1S/C27H42O2/c1-7-21(19-25(4,5)6)22-10-12-23(13-11-22)24(28)29-27(8-2,9-3)26-16-14-20(18-26)15-17-26/h10-13,20-21H,7-9,14-19H2,1-6H3. The first-order chi connectivity index (χ1) is 13.7. The van der Waals surface area contributed by atoms with Gasteiger partial charge in [0.1, 0.15) is 5.60 Å². The van der Waals surface area contributed by atoms with Crippen LogP contribution in [0.1, 0.15) is 121 Å². The van der Waals surface area contributed by atoms with E-state index in [1.165, 1.54) is 37.7 Å². The lowest BCUT2D eigenvalue weighted by molar-refractivity contribution is -0.102. The zero-order valence-corrected chi connectivity index (χ0v) is 19.6. The Kier molecular flexibility index (Phi) is 6.51. The van der Waals surface area contributed by atoms with Gasteiger partial charge in [-0.05, 0) is 92.7 Å². The lowest BCUT2D eigenvalue weighted by Gasteiger charge is -2.46. The van der Waals surface area contributed by atoms with Crippen molar-refractivity contribution in [3.05, 3.63) is 35.4 Å². The Hall–Kier alpha value is -1.31. The van der Waals surface area contributed by atoms with Crippen LogP contribution in [0.15, 0.2) is 24.3 Å². The van der Waals surface area contributed by atoms with Gasteiger partial charge in [0.2, 0.25) is 0 Å². The third-order valence-corrected chi connectivity index (χ3v) is 8.11. The van der Waals surface area contributed by atoms with Gasteiger partial charge in [0.05, 0.1) is 5.56 Å². The van der Waals surface area contributed by atoms with Crippen LogP contribution in [-0.4, -0.2) is 11.6 Å². The maximum atomic E-state index is 13.2. The monoisotopic (exact) mass is 398 g/mol. The smallest absolute Gasteiger partial charge is 0.338 e. The Balaban J connectivity index is 1.76. The zero-order valence-electron chi connectivity index (χ0n) is 19.6. The van der Waals surface area contributed by atoms with Crippen molar-refractivity contribution in [1.82, 2.24) is 0 Å². The molecule has 0 aliphatic heterocycles. The molecule has 0 heterocycles. The molecule has 0 radical (unpaired) electrons.